The Morgan fingerprint density at radius 3 is 2.17 bits per heavy atom. The van der Waals surface area contributed by atoms with Crippen molar-refractivity contribution in [3.8, 4) is 11.5 Å². The van der Waals surface area contributed by atoms with Crippen molar-refractivity contribution >= 4 is 52.1 Å². The van der Waals surface area contributed by atoms with Gasteiger partial charge in [0.05, 0.1) is 36.0 Å². The smallest absolute Gasteiger partial charge is 0.311 e. The largest absolute Gasteiger partial charge is 0.494 e. The molecule has 0 aromatic heterocycles. The highest BCUT2D eigenvalue weighted by atomic mass is 32.1. The maximum Gasteiger partial charge on any atom is 0.311 e. The first kappa shape index (κ1) is 24.3. The fourth-order valence-corrected chi connectivity index (χ4v) is 3.87. The van der Waals surface area contributed by atoms with Gasteiger partial charge in [0.15, 0.2) is 10.9 Å². The Hall–Kier alpha value is -4.84. The molecule has 1 heterocycles. The number of nitro groups is 1. The number of benzene rings is 3. The highest BCUT2D eigenvalue weighted by molar-refractivity contribution is 7.80. The molecular weight excluding hydrogens is 488 g/mol. The van der Waals surface area contributed by atoms with Crippen LogP contribution in [0.25, 0.3) is 0 Å². The maximum absolute atomic E-state index is 12.8. The minimum absolute atomic E-state index is 0.00482. The third kappa shape index (κ3) is 4.44. The zero-order chi connectivity index (χ0) is 26.0. The second kappa shape index (κ2) is 9.80. The van der Waals surface area contributed by atoms with Crippen molar-refractivity contribution in [2.75, 3.05) is 24.4 Å². The third-order valence-electron chi connectivity index (χ3n) is 5.34. The number of ether oxygens (including phenoxy) is 2. The van der Waals surface area contributed by atoms with Crippen LogP contribution in [0.15, 0.2) is 60.7 Å². The van der Waals surface area contributed by atoms with Gasteiger partial charge in [0.1, 0.15) is 5.75 Å². The molecule has 11 nitrogen and oxygen atoms in total. The number of thiocarbonyl (C=S) groups is 1. The first-order chi connectivity index (χ1) is 17.2. The second-order valence-corrected chi connectivity index (χ2v) is 7.84. The lowest BCUT2D eigenvalue weighted by molar-refractivity contribution is -0.385. The molecule has 0 saturated heterocycles. The monoisotopic (exact) mass is 506 g/mol. The second-order valence-electron chi connectivity index (χ2n) is 7.43. The SMILES string of the molecule is COc1cc(NC(=S)NC(=O)c2ccc(OC)c([N+](=O)[O-])c2)ccc1N1C(=O)c2ccccc2C1=O. The van der Waals surface area contributed by atoms with Crippen LogP contribution in [0.3, 0.4) is 0 Å². The number of nitrogens with zero attached hydrogens (tertiary/aromatic N) is 2. The van der Waals surface area contributed by atoms with Gasteiger partial charge < -0.3 is 14.8 Å². The number of anilines is 2. The molecule has 3 aromatic rings. The van der Waals surface area contributed by atoms with Crippen molar-refractivity contribution in [2.24, 2.45) is 0 Å². The Labute approximate surface area is 209 Å². The molecule has 36 heavy (non-hydrogen) atoms. The van der Waals surface area contributed by atoms with Gasteiger partial charge in [0.25, 0.3) is 17.7 Å². The van der Waals surface area contributed by atoms with Crippen LogP contribution in [0, 0.1) is 10.1 Å². The fraction of sp³-hybridized carbons (Fsp3) is 0.0833. The summed E-state index contributed by atoms with van der Waals surface area (Å²) in [5, 5.41) is 16.4. The van der Waals surface area contributed by atoms with Crippen molar-refractivity contribution in [1.82, 2.24) is 5.32 Å². The maximum atomic E-state index is 12.8. The summed E-state index contributed by atoms with van der Waals surface area (Å²) in [6.45, 7) is 0. The Bertz CT molecular complexity index is 1400. The number of carbonyl (C=O) groups is 3. The average molecular weight is 506 g/mol. The van der Waals surface area contributed by atoms with Crippen LogP contribution in [0.5, 0.6) is 11.5 Å². The van der Waals surface area contributed by atoms with E-state index < -0.39 is 22.6 Å². The number of hydrogen-bond acceptors (Lipinski definition) is 8. The highest BCUT2D eigenvalue weighted by Crippen LogP contribution is 2.36. The van der Waals surface area contributed by atoms with Crippen LogP contribution in [0.4, 0.5) is 17.1 Å². The molecule has 0 fully saturated rings. The van der Waals surface area contributed by atoms with E-state index in [1.54, 1.807) is 30.3 Å². The minimum atomic E-state index is -0.673. The molecule has 1 aliphatic rings. The predicted molar refractivity (Wildman–Crippen MR) is 134 cm³/mol. The van der Waals surface area contributed by atoms with E-state index in [0.29, 0.717) is 16.8 Å². The number of hydrogen-bond donors (Lipinski definition) is 2. The molecule has 0 bridgehead atoms. The van der Waals surface area contributed by atoms with E-state index >= 15 is 0 Å². The van der Waals surface area contributed by atoms with Gasteiger partial charge in [-0.05, 0) is 48.6 Å². The van der Waals surface area contributed by atoms with Crippen LogP contribution < -0.4 is 25.0 Å². The number of carbonyl (C=O) groups excluding carboxylic acids is 3. The lowest BCUT2D eigenvalue weighted by atomic mass is 10.1. The van der Waals surface area contributed by atoms with E-state index in [-0.39, 0.29) is 33.5 Å². The summed E-state index contributed by atoms with van der Waals surface area (Å²) < 4.78 is 10.3. The standard InChI is InChI=1S/C24H18N4O7S/c1-34-19-10-7-13(11-18(19)28(32)33)21(29)26-24(36)25-14-8-9-17(20(12-14)35-2)27-22(30)15-5-3-4-6-16(15)23(27)31/h3-12H,1-2H3,(H2,25,26,29,36). The van der Waals surface area contributed by atoms with E-state index in [1.807, 2.05) is 0 Å². The molecular formula is C24H18N4O7S. The van der Waals surface area contributed by atoms with Crippen LogP contribution in [0.2, 0.25) is 0 Å². The Morgan fingerprint density at radius 1 is 0.944 bits per heavy atom. The first-order valence-corrected chi connectivity index (χ1v) is 10.8. The summed E-state index contributed by atoms with van der Waals surface area (Å²) in [4.78, 5) is 49.8. The number of amides is 3. The normalized spacial score (nSPS) is 12.1. The molecule has 0 aliphatic carbocycles. The molecule has 0 spiro atoms. The zero-order valence-corrected chi connectivity index (χ0v) is 19.8. The van der Waals surface area contributed by atoms with Gasteiger partial charge in [-0.25, -0.2) is 4.90 Å². The molecule has 3 aromatic carbocycles. The minimum Gasteiger partial charge on any atom is -0.494 e. The van der Waals surface area contributed by atoms with Crippen LogP contribution in [0.1, 0.15) is 31.1 Å². The third-order valence-corrected chi connectivity index (χ3v) is 5.54. The Kier molecular flexibility index (Phi) is 6.61. The molecule has 0 radical (unpaired) electrons. The number of methoxy groups -OCH3 is 2. The van der Waals surface area contributed by atoms with E-state index in [9.17, 15) is 24.5 Å². The van der Waals surface area contributed by atoms with Gasteiger partial charge in [-0.15, -0.1) is 0 Å². The number of rotatable bonds is 6. The molecule has 1 aliphatic heterocycles. The van der Waals surface area contributed by atoms with Crippen molar-refractivity contribution in [2.45, 2.75) is 0 Å². The molecule has 182 valence electrons. The Morgan fingerprint density at radius 2 is 1.58 bits per heavy atom. The molecule has 4 rings (SSSR count). The van der Waals surface area contributed by atoms with Crippen molar-refractivity contribution in [1.29, 1.82) is 0 Å². The van der Waals surface area contributed by atoms with Crippen molar-refractivity contribution in [3.05, 3.63) is 87.5 Å². The summed E-state index contributed by atoms with van der Waals surface area (Å²) in [5.41, 5.74) is 0.888. The molecule has 3 amide bonds. The van der Waals surface area contributed by atoms with Crippen molar-refractivity contribution < 1.29 is 28.8 Å². The van der Waals surface area contributed by atoms with Gasteiger partial charge in [0, 0.05) is 23.4 Å². The van der Waals surface area contributed by atoms with Crippen LogP contribution in [-0.4, -0.2) is 42.0 Å². The molecule has 2 N–H and O–H groups in total. The predicted octanol–water partition coefficient (Wildman–Crippen LogP) is 3.54. The number of nitrogens with one attached hydrogen (secondary N) is 2. The molecule has 0 unspecified atom stereocenters. The summed E-state index contributed by atoms with van der Waals surface area (Å²) >= 11 is 5.19. The van der Waals surface area contributed by atoms with E-state index in [2.05, 4.69) is 10.6 Å². The van der Waals surface area contributed by atoms with E-state index in [1.165, 1.54) is 38.5 Å². The van der Waals surface area contributed by atoms with Crippen LogP contribution >= 0.6 is 12.2 Å². The number of imide groups is 1. The van der Waals surface area contributed by atoms with Gasteiger partial charge in [0.2, 0.25) is 0 Å². The summed E-state index contributed by atoms with van der Waals surface area (Å²) in [5.74, 6) is -1.37. The fourth-order valence-electron chi connectivity index (χ4n) is 3.66. The topological polar surface area (TPSA) is 140 Å². The van der Waals surface area contributed by atoms with Gasteiger partial charge in [-0.1, -0.05) is 12.1 Å². The summed E-state index contributed by atoms with van der Waals surface area (Å²) in [6, 6.07) is 14.8. The lowest BCUT2D eigenvalue weighted by Crippen LogP contribution is -2.34. The quantitative estimate of drug-likeness (QED) is 0.222. The van der Waals surface area contributed by atoms with E-state index in [0.717, 1.165) is 11.0 Å². The average Bonchev–Trinajstić information content (AvgIpc) is 3.13. The van der Waals surface area contributed by atoms with Crippen molar-refractivity contribution in [3.63, 3.8) is 0 Å². The van der Waals surface area contributed by atoms with E-state index in [4.69, 9.17) is 21.7 Å². The molecule has 12 heteroatoms. The lowest BCUT2D eigenvalue weighted by Gasteiger charge is -2.19. The summed E-state index contributed by atoms with van der Waals surface area (Å²) in [6.07, 6.45) is 0. The number of nitro benzene ring substituents is 1. The Balaban J connectivity index is 1.50. The number of fused-ring (bicyclic) bond motifs is 1. The first-order valence-electron chi connectivity index (χ1n) is 10.4. The van der Waals surface area contributed by atoms with Gasteiger partial charge >= 0.3 is 5.69 Å². The molecule has 0 saturated carbocycles. The summed E-state index contributed by atoms with van der Waals surface area (Å²) in [7, 11) is 2.67. The zero-order valence-electron chi connectivity index (χ0n) is 18.9. The van der Waals surface area contributed by atoms with Gasteiger partial charge in [-0.3, -0.25) is 29.8 Å². The molecule has 0 atom stereocenters. The highest BCUT2D eigenvalue weighted by Gasteiger charge is 2.37. The van der Waals surface area contributed by atoms with Crippen LogP contribution in [-0.2, 0) is 0 Å². The van der Waals surface area contributed by atoms with Gasteiger partial charge in [-0.2, -0.15) is 0 Å².